The van der Waals surface area contributed by atoms with Gasteiger partial charge in [0.2, 0.25) is 6.29 Å². The quantitative estimate of drug-likeness (QED) is 0.398. The van der Waals surface area contributed by atoms with E-state index in [0.717, 1.165) is 12.1 Å². The predicted octanol–water partition coefficient (Wildman–Crippen LogP) is -1.13. The molecule has 4 N–H and O–H groups in total. The number of aliphatic carboxylic acids is 1. The Balaban J connectivity index is 2.13. The Morgan fingerprint density at radius 3 is 2.23 bits per heavy atom. The van der Waals surface area contributed by atoms with Crippen molar-refractivity contribution in [2.75, 3.05) is 0 Å². The SMILES string of the molecule is O=C(O)[C@@H]1O[C@@H](Oc2ccc([N+](=O)[O-])cc2)[C@H](O)[C@@H](O)[C@@H]1O. The average Bonchev–Trinajstić information content (AvgIpc) is 2.48. The first-order valence-electron chi connectivity index (χ1n) is 6.15. The number of hydrogen-bond donors (Lipinski definition) is 4. The normalized spacial score (nSPS) is 31.5. The monoisotopic (exact) mass is 315 g/mol. The first-order valence-corrected chi connectivity index (χ1v) is 6.15. The molecule has 0 bridgehead atoms. The zero-order valence-corrected chi connectivity index (χ0v) is 11.0. The Kier molecular flexibility index (Phi) is 4.56. The van der Waals surface area contributed by atoms with Gasteiger partial charge < -0.3 is 29.9 Å². The van der Waals surface area contributed by atoms with Crippen molar-refractivity contribution >= 4 is 11.7 Å². The lowest BCUT2D eigenvalue weighted by molar-refractivity contribution is -0.384. The summed E-state index contributed by atoms with van der Waals surface area (Å²) in [5.74, 6) is -1.47. The van der Waals surface area contributed by atoms with E-state index in [1.807, 2.05) is 0 Å². The molecule has 10 heteroatoms. The fourth-order valence-corrected chi connectivity index (χ4v) is 1.93. The number of nitro groups is 1. The van der Waals surface area contributed by atoms with E-state index in [-0.39, 0.29) is 11.4 Å². The molecule has 22 heavy (non-hydrogen) atoms. The zero-order valence-electron chi connectivity index (χ0n) is 11.0. The third kappa shape index (κ3) is 3.14. The zero-order chi connectivity index (χ0) is 16.4. The molecule has 1 aromatic rings. The Morgan fingerprint density at radius 2 is 1.73 bits per heavy atom. The summed E-state index contributed by atoms with van der Waals surface area (Å²) in [5.41, 5.74) is -0.184. The average molecular weight is 315 g/mol. The van der Waals surface area contributed by atoms with Crippen LogP contribution in [-0.2, 0) is 9.53 Å². The fraction of sp³-hybridized carbons (Fsp3) is 0.417. The third-order valence-corrected chi connectivity index (χ3v) is 3.11. The molecule has 0 aliphatic carbocycles. The minimum absolute atomic E-state index is 0.0578. The summed E-state index contributed by atoms with van der Waals surface area (Å²) in [6.45, 7) is 0. The number of carboxylic acid groups (broad SMARTS) is 1. The lowest BCUT2D eigenvalue weighted by Gasteiger charge is -2.38. The van der Waals surface area contributed by atoms with Crippen molar-refractivity contribution in [3.05, 3.63) is 34.4 Å². The molecule has 0 spiro atoms. The summed E-state index contributed by atoms with van der Waals surface area (Å²) >= 11 is 0. The Labute approximate surface area is 123 Å². The second-order valence-corrected chi connectivity index (χ2v) is 4.60. The Bertz CT molecular complexity index is 560. The van der Waals surface area contributed by atoms with Gasteiger partial charge >= 0.3 is 5.97 Å². The van der Waals surface area contributed by atoms with Crippen LogP contribution >= 0.6 is 0 Å². The minimum atomic E-state index is -1.82. The van der Waals surface area contributed by atoms with Crippen LogP contribution in [0.2, 0.25) is 0 Å². The van der Waals surface area contributed by atoms with Crippen LogP contribution in [0.1, 0.15) is 0 Å². The molecule has 120 valence electrons. The molecule has 1 aliphatic rings. The number of aliphatic hydroxyl groups is 3. The molecule has 1 fully saturated rings. The van der Waals surface area contributed by atoms with E-state index in [1.54, 1.807) is 0 Å². The summed E-state index contributed by atoms with van der Waals surface area (Å²) < 4.78 is 10.1. The molecule has 2 rings (SSSR count). The number of carboxylic acids is 1. The van der Waals surface area contributed by atoms with Crippen LogP contribution in [-0.4, -0.2) is 62.0 Å². The molecule has 0 saturated carbocycles. The topological polar surface area (TPSA) is 160 Å². The lowest BCUT2D eigenvalue weighted by Crippen LogP contribution is -2.61. The second kappa shape index (κ2) is 6.23. The van der Waals surface area contributed by atoms with Crippen molar-refractivity contribution in [1.82, 2.24) is 0 Å². The number of benzene rings is 1. The Morgan fingerprint density at radius 1 is 1.14 bits per heavy atom. The van der Waals surface area contributed by atoms with Crippen molar-refractivity contribution in [1.29, 1.82) is 0 Å². The maximum Gasteiger partial charge on any atom is 0.335 e. The van der Waals surface area contributed by atoms with Gasteiger partial charge in [-0.05, 0) is 12.1 Å². The molecule has 0 aromatic heterocycles. The summed E-state index contributed by atoms with van der Waals surface area (Å²) in [5, 5.41) is 48.3. The van der Waals surface area contributed by atoms with E-state index in [0.29, 0.717) is 0 Å². The standard InChI is InChI=1S/C12H13NO9/c14-7-8(15)10(11(17)18)22-12(9(7)16)21-6-3-1-5(2-4-6)13(19)20/h1-4,7-10,12,14-16H,(H,17,18)/t7-,8-,9+,10+,12+/m0/s1. The number of nitrogens with zero attached hydrogens (tertiary/aromatic N) is 1. The van der Waals surface area contributed by atoms with Crippen molar-refractivity contribution in [3.63, 3.8) is 0 Å². The van der Waals surface area contributed by atoms with E-state index < -0.39 is 41.6 Å². The first-order chi connectivity index (χ1) is 10.3. The van der Waals surface area contributed by atoms with E-state index in [2.05, 4.69) is 0 Å². The largest absolute Gasteiger partial charge is 0.479 e. The highest BCUT2D eigenvalue weighted by Gasteiger charge is 2.48. The van der Waals surface area contributed by atoms with Crippen LogP contribution in [0, 0.1) is 10.1 Å². The molecule has 0 unspecified atom stereocenters. The first kappa shape index (κ1) is 16.1. The van der Waals surface area contributed by atoms with E-state index >= 15 is 0 Å². The highest BCUT2D eigenvalue weighted by molar-refractivity contribution is 5.73. The summed E-state index contributed by atoms with van der Waals surface area (Å²) in [6.07, 6.45) is -8.62. The van der Waals surface area contributed by atoms with Gasteiger partial charge in [-0.3, -0.25) is 10.1 Å². The van der Waals surface area contributed by atoms with Crippen molar-refractivity contribution in [2.24, 2.45) is 0 Å². The van der Waals surface area contributed by atoms with Crippen LogP contribution in [0.25, 0.3) is 0 Å². The molecule has 1 aliphatic heterocycles. The van der Waals surface area contributed by atoms with E-state index in [4.69, 9.17) is 14.6 Å². The molecular weight excluding hydrogens is 302 g/mol. The highest BCUT2D eigenvalue weighted by atomic mass is 16.7. The number of hydrogen-bond acceptors (Lipinski definition) is 8. The minimum Gasteiger partial charge on any atom is -0.479 e. The number of carbonyl (C=O) groups is 1. The molecule has 5 atom stereocenters. The molecule has 10 nitrogen and oxygen atoms in total. The van der Waals surface area contributed by atoms with Gasteiger partial charge in [0.1, 0.15) is 24.1 Å². The van der Waals surface area contributed by atoms with Crippen LogP contribution < -0.4 is 4.74 Å². The Hall–Kier alpha value is -2.27. The molecule has 1 aromatic carbocycles. The third-order valence-electron chi connectivity index (χ3n) is 3.11. The summed E-state index contributed by atoms with van der Waals surface area (Å²) in [6, 6.07) is 4.73. The summed E-state index contributed by atoms with van der Waals surface area (Å²) in [7, 11) is 0. The smallest absolute Gasteiger partial charge is 0.335 e. The number of nitro benzene ring substituents is 1. The van der Waals surface area contributed by atoms with Gasteiger partial charge in [0.05, 0.1) is 4.92 Å². The van der Waals surface area contributed by atoms with Crippen LogP contribution in [0.4, 0.5) is 5.69 Å². The van der Waals surface area contributed by atoms with Crippen molar-refractivity contribution in [2.45, 2.75) is 30.7 Å². The lowest BCUT2D eigenvalue weighted by atomic mass is 9.99. The molecule has 0 amide bonds. The second-order valence-electron chi connectivity index (χ2n) is 4.60. The van der Waals surface area contributed by atoms with E-state index in [1.165, 1.54) is 12.1 Å². The van der Waals surface area contributed by atoms with Gasteiger partial charge in [-0.15, -0.1) is 0 Å². The number of non-ortho nitro benzene ring substituents is 1. The number of aliphatic hydroxyl groups excluding tert-OH is 3. The molecule has 1 saturated heterocycles. The molecule has 1 heterocycles. The van der Waals surface area contributed by atoms with Crippen LogP contribution in [0.5, 0.6) is 5.75 Å². The van der Waals surface area contributed by atoms with Crippen LogP contribution in [0.3, 0.4) is 0 Å². The van der Waals surface area contributed by atoms with Gasteiger partial charge in [-0.1, -0.05) is 0 Å². The van der Waals surface area contributed by atoms with Gasteiger partial charge in [0.15, 0.2) is 6.10 Å². The summed E-state index contributed by atoms with van der Waals surface area (Å²) in [4.78, 5) is 20.8. The number of ether oxygens (including phenoxy) is 2. The van der Waals surface area contributed by atoms with Gasteiger partial charge in [-0.25, -0.2) is 4.79 Å². The van der Waals surface area contributed by atoms with Gasteiger partial charge in [-0.2, -0.15) is 0 Å². The van der Waals surface area contributed by atoms with Gasteiger partial charge in [0.25, 0.3) is 5.69 Å². The maximum atomic E-state index is 10.9. The fourth-order valence-electron chi connectivity index (χ4n) is 1.93. The van der Waals surface area contributed by atoms with Gasteiger partial charge in [0, 0.05) is 12.1 Å². The maximum absolute atomic E-state index is 10.9. The molecular formula is C12H13NO9. The van der Waals surface area contributed by atoms with E-state index in [9.17, 15) is 30.2 Å². The predicted molar refractivity (Wildman–Crippen MR) is 68.0 cm³/mol. The van der Waals surface area contributed by atoms with Crippen molar-refractivity contribution in [3.8, 4) is 5.75 Å². The van der Waals surface area contributed by atoms with Crippen LogP contribution in [0.15, 0.2) is 24.3 Å². The van der Waals surface area contributed by atoms with Crippen molar-refractivity contribution < 1.29 is 39.6 Å². The molecule has 0 radical (unpaired) electrons. The number of rotatable bonds is 4. The highest BCUT2D eigenvalue weighted by Crippen LogP contribution is 2.25.